The molecule has 1 aromatic carbocycles. The van der Waals surface area contributed by atoms with Crippen LogP contribution in [0.25, 0.3) is 11.0 Å². The topological polar surface area (TPSA) is 62.5 Å². The van der Waals surface area contributed by atoms with Crippen molar-refractivity contribution < 1.29 is 14.3 Å². The van der Waals surface area contributed by atoms with Crippen LogP contribution in [0.5, 0.6) is 0 Å². The SMILES string of the molecule is O=C(O)C1CC1CNCCc1coc2ccccc12. The molecular formula is C15H17NO3. The first-order valence-corrected chi connectivity index (χ1v) is 6.64. The number of hydrogen-bond acceptors (Lipinski definition) is 3. The monoisotopic (exact) mass is 259 g/mol. The first kappa shape index (κ1) is 12.2. The number of nitrogens with one attached hydrogen (secondary N) is 1. The van der Waals surface area contributed by atoms with Crippen LogP contribution >= 0.6 is 0 Å². The lowest BCUT2D eigenvalue weighted by Crippen LogP contribution is -2.21. The van der Waals surface area contributed by atoms with Crippen LogP contribution in [0.15, 0.2) is 34.9 Å². The number of furan rings is 1. The average molecular weight is 259 g/mol. The summed E-state index contributed by atoms with van der Waals surface area (Å²) in [5, 5.41) is 13.3. The summed E-state index contributed by atoms with van der Waals surface area (Å²) >= 11 is 0. The number of carboxylic acid groups (broad SMARTS) is 1. The summed E-state index contributed by atoms with van der Waals surface area (Å²) in [4.78, 5) is 10.7. The molecule has 1 aromatic heterocycles. The molecule has 0 saturated heterocycles. The lowest BCUT2D eigenvalue weighted by Gasteiger charge is -2.02. The van der Waals surface area contributed by atoms with Crippen LogP contribution in [0.3, 0.4) is 0 Å². The van der Waals surface area contributed by atoms with E-state index in [1.165, 1.54) is 10.9 Å². The van der Waals surface area contributed by atoms with Crippen molar-refractivity contribution in [2.75, 3.05) is 13.1 Å². The fourth-order valence-electron chi connectivity index (χ4n) is 2.51. The van der Waals surface area contributed by atoms with Crippen LogP contribution < -0.4 is 5.32 Å². The molecule has 1 fully saturated rings. The van der Waals surface area contributed by atoms with Crippen molar-refractivity contribution in [2.45, 2.75) is 12.8 Å². The summed E-state index contributed by atoms with van der Waals surface area (Å²) in [6, 6.07) is 8.01. The van der Waals surface area contributed by atoms with Crippen LogP contribution in [-0.2, 0) is 11.2 Å². The number of hydrogen-bond donors (Lipinski definition) is 2. The molecule has 2 aromatic rings. The molecule has 1 aliphatic carbocycles. The van der Waals surface area contributed by atoms with Crippen LogP contribution in [0.2, 0.25) is 0 Å². The molecule has 4 heteroatoms. The summed E-state index contributed by atoms with van der Waals surface area (Å²) < 4.78 is 5.48. The Morgan fingerprint density at radius 1 is 1.42 bits per heavy atom. The normalized spacial score (nSPS) is 21.7. The molecule has 2 N–H and O–H groups in total. The van der Waals surface area contributed by atoms with Gasteiger partial charge in [0.25, 0.3) is 0 Å². The zero-order valence-corrected chi connectivity index (χ0v) is 10.6. The Hall–Kier alpha value is -1.81. The zero-order chi connectivity index (χ0) is 13.2. The molecule has 2 unspecified atom stereocenters. The summed E-state index contributed by atoms with van der Waals surface area (Å²) in [5.41, 5.74) is 2.12. The Kier molecular flexibility index (Phi) is 3.25. The van der Waals surface area contributed by atoms with Gasteiger partial charge in [0.1, 0.15) is 5.58 Å². The van der Waals surface area contributed by atoms with Gasteiger partial charge in [-0.1, -0.05) is 18.2 Å². The molecule has 1 heterocycles. The summed E-state index contributed by atoms with van der Waals surface area (Å²) in [6.07, 6.45) is 3.53. The van der Waals surface area contributed by atoms with Gasteiger partial charge in [0.15, 0.2) is 0 Å². The number of para-hydroxylation sites is 1. The van der Waals surface area contributed by atoms with Crippen molar-refractivity contribution in [1.29, 1.82) is 0 Å². The maximum atomic E-state index is 10.7. The molecule has 19 heavy (non-hydrogen) atoms. The third kappa shape index (κ3) is 2.63. The van der Waals surface area contributed by atoms with Gasteiger partial charge in [-0.3, -0.25) is 4.79 Å². The fourth-order valence-corrected chi connectivity index (χ4v) is 2.51. The average Bonchev–Trinajstić information content (AvgIpc) is 3.08. The predicted octanol–water partition coefficient (Wildman–Crippen LogP) is 2.29. The van der Waals surface area contributed by atoms with E-state index in [0.29, 0.717) is 5.92 Å². The largest absolute Gasteiger partial charge is 0.481 e. The van der Waals surface area contributed by atoms with Gasteiger partial charge < -0.3 is 14.8 Å². The molecule has 0 radical (unpaired) electrons. The number of rotatable bonds is 6. The van der Waals surface area contributed by atoms with E-state index in [1.807, 2.05) is 24.5 Å². The molecule has 0 spiro atoms. The van der Waals surface area contributed by atoms with Crippen LogP contribution in [0.4, 0.5) is 0 Å². The van der Waals surface area contributed by atoms with E-state index in [-0.39, 0.29) is 5.92 Å². The number of carboxylic acids is 1. The second-order valence-corrected chi connectivity index (χ2v) is 5.15. The molecule has 1 aliphatic rings. The van der Waals surface area contributed by atoms with Crippen LogP contribution in [-0.4, -0.2) is 24.2 Å². The third-order valence-electron chi connectivity index (χ3n) is 3.78. The predicted molar refractivity (Wildman–Crippen MR) is 72.0 cm³/mol. The van der Waals surface area contributed by atoms with Gasteiger partial charge in [-0.05, 0) is 43.5 Å². The van der Waals surface area contributed by atoms with Gasteiger partial charge >= 0.3 is 5.97 Å². The minimum Gasteiger partial charge on any atom is -0.481 e. The van der Waals surface area contributed by atoms with Crippen molar-refractivity contribution in [3.05, 3.63) is 36.1 Å². The maximum Gasteiger partial charge on any atom is 0.306 e. The van der Waals surface area contributed by atoms with Gasteiger partial charge in [-0.15, -0.1) is 0 Å². The van der Waals surface area contributed by atoms with E-state index in [0.717, 1.165) is 31.5 Å². The summed E-state index contributed by atoms with van der Waals surface area (Å²) in [7, 11) is 0. The highest BCUT2D eigenvalue weighted by Crippen LogP contribution is 2.37. The van der Waals surface area contributed by atoms with Gasteiger partial charge in [0.05, 0.1) is 12.2 Å². The first-order chi connectivity index (χ1) is 9.25. The van der Waals surface area contributed by atoms with E-state index >= 15 is 0 Å². The van der Waals surface area contributed by atoms with Gasteiger partial charge in [-0.2, -0.15) is 0 Å². The Morgan fingerprint density at radius 2 is 2.26 bits per heavy atom. The highest BCUT2D eigenvalue weighted by Gasteiger charge is 2.42. The molecule has 0 bridgehead atoms. The van der Waals surface area contributed by atoms with E-state index < -0.39 is 5.97 Å². The van der Waals surface area contributed by atoms with Crippen molar-refractivity contribution in [1.82, 2.24) is 5.32 Å². The molecule has 3 rings (SSSR count). The third-order valence-corrected chi connectivity index (χ3v) is 3.78. The Balaban J connectivity index is 1.47. The van der Waals surface area contributed by atoms with Gasteiger partial charge in [0.2, 0.25) is 0 Å². The van der Waals surface area contributed by atoms with E-state index in [4.69, 9.17) is 9.52 Å². The zero-order valence-electron chi connectivity index (χ0n) is 10.6. The van der Waals surface area contributed by atoms with Crippen molar-refractivity contribution in [2.24, 2.45) is 11.8 Å². The molecule has 0 amide bonds. The minimum absolute atomic E-state index is 0.123. The van der Waals surface area contributed by atoms with E-state index in [9.17, 15) is 4.79 Å². The van der Waals surface area contributed by atoms with Crippen LogP contribution in [0, 0.1) is 11.8 Å². The summed E-state index contributed by atoms with van der Waals surface area (Å²) in [5.74, 6) is -0.464. The molecule has 2 atom stereocenters. The van der Waals surface area contributed by atoms with E-state index in [1.54, 1.807) is 0 Å². The van der Waals surface area contributed by atoms with Gasteiger partial charge in [-0.25, -0.2) is 0 Å². The number of fused-ring (bicyclic) bond motifs is 1. The quantitative estimate of drug-likeness (QED) is 0.781. The fraction of sp³-hybridized carbons (Fsp3) is 0.400. The number of aliphatic carboxylic acids is 1. The van der Waals surface area contributed by atoms with Crippen molar-refractivity contribution >= 4 is 16.9 Å². The minimum atomic E-state index is -0.660. The number of carbonyl (C=O) groups is 1. The van der Waals surface area contributed by atoms with Crippen LogP contribution in [0.1, 0.15) is 12.0 Å². The Labute approximate surface area is 111 Å². The summed E-state index contributed by atoms with van der Waals surface area (Å²) in [6.45, 7) is 1.65. The van der Waals surface area contributed by atoms with Crippen molar-refractivity contribution in [3.8, 4) is 0 Å². The second kappa shape index (κ2) is 5.05. The lowest BCUT2D eigenvalue weighted by molar-refractivity contribution is -0.138. The standard InChI is InChI=1S/C15H17NO3/c17-15(18)13-7-11(13)8-16-6-5-10-9-19-14-4-2-1-3-12(10)14/h1-4,9,11,13,16H,5-8H2,(H,17,18). The molecule has 1 saturated carbocycles. The second-order valence-electron chi connectivity index (χ2n) is 5.15. The highest BCUT2D eigenvalue weighted by molar-refractivity contribution is 5.80. The first-order valence-electron chi connectivity index (χ1n) is 6.64. The van der Waals surface area contributed by atoms with Crippen molar-refractivity contribution in [3.63, 3.8) is 0 Å². The smallest absolute Gasteiger partial charge is 0.306 e. The number of benzene rings is 1. The molecule has 100 valence electrons. The van der Waals surface area contributed by atoms with E-state index in [2.05, 4.69) is 11.4 Å². The Bertz CT molecular complexity index is 590. The molecule has 0 aliphatic heterocycles. The van der Waals surface area contributed by atoms with Gasteiger partial charge in [0, 0.05) is 5.39 Å². The maximum absolute atomic E-state index is 10.7. The molecule has 4 nitrogen and oxygen atoms in total. The lowest BCUT2D eigenvalue weighted by atomic mass is 10.1. The highest BCUT2D eigenvalue weighted by atomic mass is 16.4. The molecular weight excluding hydrogens is 242 g/mol. The Morgan fingerprint density at radius 3 is 3.05 bits per heavy atom.